The van der Waals surface area contributed by atoms with Crippen LogP contribution < -0.4 is 0 Å². The van der Waals surface area contributed by atoms with Crippen LogP contribution in [0.15, 0.2) is 0 Å². The van der Waals surface area contributed by atoms with Crippen molar-refractivity contribution in [3.63, 3.8) is 0 Å². The summed E-state index contributed by atoms with van der Waals surface area (Å²) in [5.74, 6) is 0. The summed E-state index contributed by atoms with van der Waals surface area (Å²) in [7, 11) is 0. The van der Waals surface area contributed by atoms with E-state index < -0.39 is 0 Å². The molecule has 0 aromatic carbocycles. The first-order valence-corrected chi connectivity index (χ1v) is 8.82. The highest BCUT2D eigenvalue weighted by molar-refractivity contribution is 14.1. The Labute approximate surface area is 121 Å². The molecule has 102 valence electrons. The Morgan fingerprint density at radius 1 is 0.765 bits per heavy atom. The number of rotatable bonds is 10. The number of halogens is 1. The second kappa shape index (κ2) is 11.7. The maximum absolute atomic E-state index is 5.35. The van der Waals surface area contributed by atoms with E-state index >= 15 is 0 Å². The molecule has 0 aromatic rings. The monoisotopic (exact) mass is 353 g/mol. The SMILES string of the molecule is ICCCCCCCCCCN1CCOCC1. The largest absolute Gasteiger partial charge is 0.379 e. The van der Waals surface area contributed by atoms with Crippen molar-refractivity contribution in [3.05, 3.63) is 0 Å². The molecule has 1 aliphatic heterocycles. The molecule has 1 fully saturated rings. The van der Waals surface area contributed by atoms with E-state index in [0.29, 0.717) is 0 Å². The van der Waals surface area contributed by atoms with Crippen LogP contribution in [0.5, 0.6) is 0 Å². The first-order valence-electron chi connectivity index (χ1n) is 7.29. The smallest absolute Gasteiger partial charge is 0.0594 e. The molecule has 0 saturated carbocycles. The number of alkyl halides is 1. The van der Waals surface area contributed by atoms with Crippen LogP contribution in [-0.4, -0.2) is 42.2 Å². The van der Waals surface area contributed by atoms with Gasteiger partial charge in [0.05, 0.1) is 13.2 Å². The quantitative estimate of drug-likeness (QED) is 0.336. The Morgan fingerprint density at radius 2 is 1.29 bits per heavy atom. The zero-order chi connectivity index (χ0) is 12.2. The second-order valence-electron chi connectivity index (χ2n) is 4.97. The van der Waals surface area contributed by atoms with E-state index in [2.05, 4.69) is 27.5 Å². The lowest BCUT2D eigenvalue weighted by Gasteiger charge is -2.26. The maximum atomic E-state index is 5.35. The van der Waals surface area contributed by atoms with Gasteiger partial charge in [0, 0.05) is 13.1 Å². The van der Waals surface area contributed by atoms with Crippen LogP contribution in [-0.2, 0) is 4.74 Å². The van der Waals surface area contributed by atoms with Gasteiger partial charge in [0.1, 0.15) is 0 Å². The second-order valence-corrected chi connectivity index (χ2v) is 6.05. The zero-order valence-corrected chi connectivity index (χ0v) is 13.3. The van der Waals surface area contributed by atoms with Crippen molar-refractivity contribution in [1.82, 2.24) is 4.90 Å². The number of nitrogens with zero attached hydrogens (tertiary/aromatic N) is 1. The highest BCUT2D eigenvalue weighted by Crippen LogP contribution is 2.10. The molecule has 1 aliphatic rings. The lowest BCUT2D eigenvalue weighted by Crippen LogP contribution is -2.36. The normalized spacial score (nSPS) is 17.5. The topological polar surface area (TPSA) is 12.5 Å². The average Bonchev–Trinajstić information content (AvgIpc) is 2.38. The third kappa shape index (κ3) is 9.25. The summed E-state index contributed by atoms with van der Waals surface area (Å²) < 4.78 is 6.68. The number of hydrogen-bond acceptors (Lipinski definition) is 2. The fraction of sp³-hybridized carbons (Fsp3) is 1.00. The van der Waals surface area contributed by atoms with Gasteiger partial charge in [-0.3, -0.25) is 4.90 Å². The van der Waals surface area contributed by atoms with Crippen LogP contribution in [0.25, 0.3) is 0 Å². The van der Waals surface area contributed by atoms with Gasteiger partial charge < -0.3 is 4.74 Å². The Kier molecular flexibility index (Phi) is 10.8. The van der Waals surface area contributed by atoms with Crippen molar-refractivity contribution >= 4 is 22.6 Å². The summed E-state index contributed by atoms with van der Waals surface area (Å²) in [6.45, 7) is 5.47. The maximum Gasteiger partial charge on any atom is 0.0594 e. The number of unbranched alkanes of at least 4 members (excludes halogenated alkanes) is 7. The summed E-state index contributed by atoms with van der Waals surface area (Å²) in [4.78, 5) is 2.55. The first kappa shape index (κ1) is 15.7. The van der Waals surface area contributed by atoms with E-state index in [4.69, 9.17) is 4.74 Å². The van der Waals surface area contributed by atoms with Gasteiger partial charge in [0.2, 0.25) is 0 Å². The molecule has 1 saturated heterocycles. The van der Waals surface area contributed by atoms with Gasteiger partial charge in [-0.05, 0) is 23.8 Å². The molecule has 0 N–H and O–H groups in total. The van der Waals surface area contributed by atoms with Crippen LogP contribution in [0.3, 0.4) is 0 Å². The van der Waals surface area contributed by atoms with Gasteiger partial charge >= 0.3 is 0 Å². The molecule has 0 aliphatic carbocycles. The van der Waals surface area contributed by atoms with E-state index in [-0.39, 0.29) is 0 Å². The molecule has 3 heteroatoms. The Balaban J connectivity index is 1.75. The molecule has 0 amide bonds. The Hall–Kier alpha value is 0.650. The Bertz CT molecular complexity index is 160. The molecule has 0 aromatic heterocycles. The van der Waals surface area contributed by atoms with E-state index in [0.717, 1.165) is 26.3 Å². The number of ether oxygens (including phenoxy) is 1. The lowest BCUT2D eigenvalue weighted by molar-refractivity contribution is 0.0371. The highest BCUT2D eigenvalue weighted by atomic mass is 127. The highest BCUT2D eigenvalue weighted by Gasteiger charge is 2.08. The minimum atomic E-state index is 0.941. The van der Waals surface area contributed by atoms with E-state index in [1.165, 1.54) is 62.3 Å². The zero-order valence-electron chi connectivity index (χ0n) is 11.1. The van der Waals surface area contributed by atoms with Crippen LogP contribution in [0, 0.1) is 0 Å². The van der Waals surface area contributed by atoms with Crippen molar-refractivity contribution in [2.24, 2.45) is 0 Å². The van der Waals surface area contributed by atoms with Gasteiger partial charge in [-0.1, -0.05) is 61.1 Å². The van der Waals surface area contributed by atoms with Gasteiger partial charge in [-0.25, -0.2) is 0 Å². The van der Waals surface area contributed by atoms with Crippen LogP contribution in [0.4, 0.5) is 0 Å². The van der Waals surface area contributed by atoms with Crippen LogP contribution >= 0.6 is 22.6 Å². The molecular formula is C14H28INO. The molecule has 0 unspecified atom stereocenters. The predicted molar refractivity (Wildman–Crippen MR) is 83.1 cm³/mol. The van der Waals surface area contributed by atoms with Gasteiger partial charge in [0.15, 0.2) is 0 Å². The van der Waals surface area contributed by atoms with Crippen LogP contribution in [0.2, 0.25) is 0 Å². The molecular weight excluding hydrogens is 325 g/mol. The summed E-state index contributed by atoms with van der Waals surface area (Å²) >= 11 is 2.47. The van der Waals surface area contributed by atoms with Crippen molar-refractivity contribution in [2.45, 2.75) is 51.4 Å². The van der Waals surface area contributed by atoms with Crippen molar-refractivity contribution in [1.29, 1.82) is 0 Å². The molecule has 2 nitrogen and oxygen atoms in total. The summed E-state index contributed by atoms with van der Waals surface area (Å²) in [5, 5.41) is 0. The van der Waals surface area contributed by atoms with E-state index in [9.17, 15) is 0 Å². The average molecular weight is 353 g/mol. The fourth-order valence-electron chi connectivity index (χ4n) is 2.32. The Morgan fingerprint density at radius 3 is 1.88 bits per heavy atom. The molecule has 0 spiro atoms. The molecule has 17 heavy (non-hydrogen) atoms. The standard InChI is InChI=1S/C14H28INO/c15-9-7-5-3-1-2-4-6-8-10-16-11-13-17-14-12-16/h1-14H2. The van der Waals surface area contributed by atoms with E-state index in [1.807, 2.05) is 0 Å². The predicted octanol–water partition coefficient (Wildman–Crippen LogP) is 3.87. The van der Waals surface area contributed by atoms with Crippen molar-refractivity contribution < 1.29 is 4.74 Å². The minimum Gasteiger partial charge on any atom is -0.379 e. The third-order valence-electron chi connectivity index (χ3n) is 3.46. The molecule has 0 atom stereocenters. The molecule has 0 radical (unpaired) electrons. The number of morpholine rings is 1. The van der Waals surface area contributed by atoms with Crippen LogP contribution in [0.1, 0.15) is 51.4 Å². The third-order valence-corrected chi connectivity index (χ3v) is 4.22. The van der Waals surface area contributed by atoms with Gasteiger partial charge in [-0.2, -0.15) is 0 Å². The van der Waals surface area contributed by atoms with E-state index in [1.54, 1.807) is 0 Å². The molecule has 1 heterocycles. The van der Waals surface area contributed by atoms with Gasteiger partial charge in [-0.15, -0.1) is 0 Å². The molecule has 1 rings (SSSR count). The molecule has 0 bridgehead atoms. The summed E-state index contributed by atoms with van der Waals surface area (Å²) in [6, 6.07) is 0. The fourth-order valence-corrected chi connectivity index (χ4v) is 2.85. The summed E-state index contributed by atoms with van der Waals surface area (Å²) in [6.07, 6.45) is 11.4. The van der Waals surface area contributed by atoms with Gasteiger partial charge in [0.25, 0.3) is 0 Å². The first-order chi connectivity index (χ1) is 8.43. The minimum absolute atomic E-state index is 0.941. The summed E-state index contributed by atoms with van der Waals surface area (Å²) in [5.41, 5.74) is 0. The van der Waals surface area contributed by atoms with Crippen molar-refractivity contribution in [3.8, 4) is 0 Å². The van der Waals surface area contributed by atoms with Crippen molar-refractivity contribution in [2.75, 3.05) is 37.3 Å². The number of hydrogen-bond donors (Lipinski definition) is 0. The lowest BCUT2D eigenvalue weighted by atomic mass is 10.1.